The van der Waals surface area contributed by atoms with Crippen molar-refractivity contribution in [2.24, 2.45) is 11.3 Å². The van der Waals surface area contributed by atoms with Crippen molar-refractivity contribution in [1.82, 2.24) is 0 Å². The monoisotopic (exact) mass is 234 g/mol. The summed E-state index contributed by atoms with van der Waals surface area (Å²) in [7, 11) is 3.15. The summed E-state index contributed by atoms with van der Waals surface area (Å²) in [5, 5.41) is 8.87. The predicted octanol–water partition coefficient (Wildman–Crippen LogP) is 2.07. The topological polar surface area (TPSA) is 54.4 Å². The van der Waals surface area contributed by atoms with E-state index in [0.717, 1.165) is 5.75 Å². The lowest BCUT2D eigenvalue weighted by Gasteiger charge is -2.26. The average Bonchev–Trinajstić information content (AvgIpc) is 2.07. The Morgan fingerprint density at radius 3 is 2.71 bits per heavy atom. The maximum absolute atomic E-state index is 11.7. The quantitative estimate of drug-likeness (QED) is 0.704. The molecule has 3 nitrogen and oxygen atoms in total. The first-order valence-electron chi connectivity index (χ1n) is 4.44. The van der Waals surface area contributed by atoms with Crippen LogP contribution in [0, 0.1) is 11.3 Å². The van der Waals surface area contributed by atoms with Crippen LogP contribution in [0.5, 0.6) is 0 Å². The van der Waals surface area contributed by atoms with Crippen LogP contribution in [-0.2, 0) is 9.59 Å². The highest BCUT2D eigenvalue weighted by atomic mass is 33.1. The van der Waals surface area contributed by atoms with Crippen molar-refractivity contribution in [1.29, 1.82) is 0 Å². The zero-order chi connectivity index (χ0) is 10.8. The minimum atomic E-state index is -0.857. The summed E-state index contributed by atoms with van der Waals surface area (Å²) in [6, 6.07) is 0. The summed E-state index contributed by atoms with van der Waals surface area (Å²) in [4.78, 5) is 22.5. The van der Waals surface area contributed by atoms with Crippen molar-refractivity contribution in [3.8, 4) is 0 Å². The minimum absolute atomic E-state index is 0.0673. The van der Waals surface area contributed by atoms with Gasteiger partial charge in [0.05, 0.1) is 5.92 Å². The predicted molar refractivity (Wildman–Crippen MR) is 59.4 cm³/mol. The molecule has 1 unspecified atom stereocenters. The molecule has 0 spiro atoms. The highest BCUT2D eigenvalue weighted by Crippen LogP contribution is 2.37. The van der Waals surface area contributed by atoms with Crippen molar-refractivity contribution in [2.75, 3.05) is 11.5 Å². The zero-order valence-corrected chi connectivity index (χ0v) is 9.91. The lowest BCUT2D eigenvalue weighted by Crippen LogP contribution is -2.32. The molecule has 5 heteroatoms. The standard InChI is InChI=1S/C9H14O3S2/c1-9(2)5-14-13-4-6(8(11)12)3-7(9)10/h6H,3-5H2,1-2H3,(H,11,12). The highest BCUT2D eigenvalue weighted by Gasteiger charge is 2.33. The first-order valence-corrected chi connectivity index (χ1v) is 6.93. The Morgan fingerprint density at radius 2 is 2.14 bits per heavy atom. The first-order chi connectivity index (χ1) is 6.43. The highest BCUT2D eigenvalue weighted by molar-refractivity contribution is 8.76. The Morgan fingerprint density at radius 1 is 1.50 bits per heavy atom. The van der Waals surface area contributed by atoms with Crippen LogP contribution in [0.1, 0.15) is 20.3 Å². The molecule has 0 radical (unpaired) electrons. The van der Waals surface area contributed by atoms with Crippen LogP contribution < -0.4 is 0 Å². The summed E-state index contributed by atoms with van der Waals surface area (Å²) in [6.07, 6.45) is 0.176. The molecule has 0 aromatic heterocycles. The van der Waals surface area contributed by atoms with Gasteiger partial charge >= 0.3 is 5.97 Å². The average molecular weight is 234 g/mol. The number of Topliss-reactive ketones (excluding diaryl/α,β-unsaturated/α-hetero) is 1. The Kier molecular flexibility index (Phi) is 3.89. The number of aliphatic carboxylic acids is 1. The normalized spacial score (nSPS) is 27.9. The fraction of sp³-hybridized carbons (Fsp3) is 0.778. The van der Waals surface area contributed by atoms with E-state index >= 15 is 0 Å². The van der Waals surface area contributed by atoms with E-state index in [1.807, 2.05) is 13.8 Å². The third-order valence-electron chi connectivity index (χ3n) is 2.31. The zero-order valence-electron chi connectivity index (χ0n) is 8.28. The number of carbonyl (C=O) groups excluding carboxylic acids is 1. The SMILES string of the molecule is CC1(C)CSSCC(C(=O)O)CC1=O. The fourth-order valence-electron chi connectivity index (χ4n) is 1.12. The van der Waals surface area contributed by atoms with Gasteiger partial charge in [0.2, 0.25) is 0 Å². The van der Waals surface area contributed by atoms with Gasteiger partial charge in [-0.05, 0) is 0 Å². The van der Waals surface area contributed by atoms with Gasteiger partial charge in [-0.1, -0.05) is 35.4 Å². The molecule has 14 heavy (non-hydrogen) atoms. The molecule has 1 fully saturated rings. The van der Waals surface area contributed by atoms with Gasteiger partial charge in [-0.3, -0.25) is 9.59 Å². The van der Waals surface area contributed by atoms with Crippen molar-refractivity contribution in [2.45, 2.75) is 20.3 Å². The summed E-state index contributed by atoms with van der Waals surface area (Å²) in [5.41, 5.74) is -0.383. The van der Waals surface area contributed by atoms with Crippen molar-refractivity contribution < 1.29 is 14.7 Å². The number of carboxylic acid groups (broad SMARTS) is 1. The van der Waals surface area contributed by atoms with Crippen LogP contribution in [0.15, 0.2) is 0 Å². The molecule has 1 heterocycles. The molecule has 1 N–H and O–H groups in total. The largest absolute Gasteiger partial charge is 0.481 e. The molecular formula is C9H14O3S2. The van der Waals surface area contributed by atoms with E-state index in [4.69, 9.17) is 5.11 Å². The lowest BCUT2D eigenvalue weighted by molar-refractivity contribution is -0.143. The molecule has 0 aliphatic carbocycles. The summed E-state index contributed by atoms with van der Waals surface area (Å²) < 4.78 is 0. The number of hydrogen-bond donors (Lipinski definition) is 1. The van der Waals surface area contributed by atoms with Crippen LogP contribution in [-0.4, -0.2) is 28.4 Å². The fourth-order valence-corrected chi connectivity index (χ4v) is 4.09. The molecule has 1 aliphatic rings. The molecular weight excluding hydrogens is 220 g/mol. The molecule has 80 valence electrons. The van der Waals surface area contributed by atoms with Gasteiger partial charge in [0.15, 0.2) is 0 Å². The van der Waals surface area contributed by atoms with E-state index in [9.17, 15) is 9.59 Å². The van der Waals surface area contributed by atoms with Gasteiger partial charge in [-0.25, -0.2) is 0 Å². The molecule has 0 bridgehead atoms. The molecule has 1 saturated heterocycles. The number of carbonyl (C=O) groups is 2. The Labute approximate surface area is 91.4 Å². The molecule has 1 aliphatic heterocycles. The molecule has 0 amide bonds. The van der Waals surface area contributed by atoms with E-state index in [2.05, 4.69) is 0 Å². The summed E-state index contributed by atoms with van der Waals surface area (Å²) in [6.45, 7) is 3.76. The smallest absolute Gasteiger partial charge is 0.307 e. The third-order valence-corrected chi connectivity index (χ3v) is 5.11. The number of hydrogen-bond acceptors (Lipinski definition) is 4. The lowest BCUT2D eigenvalue weighted by atomic mass is 9.85. The molecule has 1 rings (SSSR count). The Bertz CT molecular complexity index is 250. The number of rotatable bonds is 1. The summed E-state index contributed by atoms with van der Waals surface area (Å²) in [5.74, 6) is -0.00795. The van der Waals surface area contributed by atoms with Crippen LogP contribution in [0.4, 0.5) is 0 Å². The van der Waals surface area contributed by atoms with Gasteiger partial charge in [0, 0.05) is 23.3 Å². The van der Waals surface area contributed by atoms with Gasteiger partial charge in [-0.2, -0.15) is 0 Å². The first kappa shape index (κ1) is 11.9. The maximum atomic E-state index is 11.7. The maximum Gasteiger partial charge on any atom is 0.307 e. The molecule has 1 atom stereocenters. The van der Waals surface area contributed by atoms with E-state index in [1.54, 1.807) is 21.6 Å². The van der Waals surface area contributed by atoms with E-state index < -0.39 is 11.9 Å². The van der Waals surface area contributed by atoms with Crippen molar-refractivity contribution in [3.05, 3.63) is 0 Å². The van der Waals surface area contributed by atoms with Crippen LogP contribution in [0.2, 0.25) is 0 Å². The summed E-state index contributed by atoms with van der Waals surface area (Å²) >= 11 is 0. The molecule has 0 saturated carbocycles. The Balaban J connectivity index is 2.71. The van der Waals surface area contributed by atoms with Crippen molar-refractivity contribution >= 4 is 33.3 Å². The van der Waals surface area contributed by atoms with E-state index in [1.165, 1.54) is 0 Å². The van der Waals surface area contributed by atoms with Crippen LogP contribution in [0.25, 0.3) is 0 Å². The number of ketones is 1. The Hall–Kier alpha value is -0.160. The van der Waals surface area contributed by atoms with Crippen molar-refractivity contribution in [3.63, 3.8) is 0 Å². The second-order valence-electron chi connectivity index (χ2n) is 4.09. The van der Waals surface area contributed by atoms with Gasteiger partial charge in [0.25, 0.3) is 0 Å². The van der Waals surface area contributed by atoms with Crippen LogP contribution >= 0.6 is 21.6 Å². The van der Waals surface area contributed by atoms with Gasteiger partial charge < -0.3 is 5.11 Å². The number of carboxylic acids is 1. The minimum Gasteiger partial charge on any atom is -0.481 e. The van der Waals surface area contributed by atoms with Gasteiger partial charge in [0.1, 0.15) is 5.78 Å². The molecule has 0 aromatic carbocycles. The second kappa shape index (κ2) is 4.57. The van der Waals surface area contributed by atoms with Gasteiger partial charge in [-0.15, -0.1) is 0 Å². The second-order valence-corrected chi connectivity index (χ2v) is 6.60. The van der Waals surface area contributed by atoms with E-state index in [-0.39, 0.29) is 17.6 Å². The molecule has 0 aromatic rings. The van der Waals surface area contributed by atoms with Crippen LogP contribution in [0.3, 0.4) is 0 Å². The van der Waals surface area contributed by atoms with E-state index in [0.29, 0.717) is 5.75 Å². The third kappa shape index (κ3) is 2.92.